The maximum absolute atomic E-state index is 4.93. The zero-order chi connectivity index (χ0) is 8.27. The van der Waals surface area contributed by atoms with Crippen LogP contribution < -0.4 is 5.84 Å². The molecule has 0 heterocycles. The molecular formula is C8H11N3. The Balaban J connectivity index is 3.09. The summed E-state index contributed by atoms with van der Waals surface area (Å²) in [6, 6.07) is 5.93. The molecule has 0 aliphatic rings. The predicted molar refractivity (Wildman–Crippen MR) is 44.6 cm³/mol. The maximum Gasteiger partial charge on any atom is 0.0903 e. The molecule has 0 bridgehead atoms. The smallest absolute Gasteiger partial charge is 0.0903 e. The van der Waals surface area contributed by atoms with E-state index in [1.807, 2.05) is 32.0 Å². The predicted octanol–water partition coefficient (Wildman–Crippen LogP) is 2.26. The number of rotatable bonds is 1. The third-order valence-corrected chi connectivity index (χ3v) is 1.52. The van der Waals surface area contributed by atoms with Gasteiger partial charge in [0.1, 0.15) is 0 Å². The van der Waals surface area contributed by atoms with E-state index in [0.29, 0.717) is 0 Å². The van der Waals surface area contributed by atoms with Gasteiger partial charge in [0, 0.05) is 0 Å². The highest BCUT2D eigenvalue weighted by Crippen LogP contribution is 2.18. The molecule has 58 valence electrons. The molecule has 0 fully saturated rings. The Hall–Kier alpha value is -1.38. The second-order valence-corrected chi connectivity index (χ2v) is 2.51. The zero-order valence-corrected chi connectivity index (χ0v) is 6.70. The molecule has 0 saturated heterocycles. The maximum atomic E-state index is 4.93. The summed E-state index contributed by atoms with van der Waals surface area (Å²) in [6.45, 7) is 4.02. The van der Waals surface area contributed by atoms with Gasteiger partial charge in [-0.1, -0.05) is 22.9 Å². The summed E-state index contributed by atoms with van der Waals surface area (Å²) < 4.78 is 0. The average Bonchev–Trinajstić information content (AvgIpc) is 1.95. The fraction of sp³-hybridized carbons (Fsp3) is 0.250. The molecule has 0 radical (unpaired) electrons. The first kappa shape index (κ1) is 7.72. The highest BCUT2D eigenvalue weighted by Gasteiger charge is 1.94. The molecule has 2 N–H and O–H groups in total. The fourth-order valence-electron chi connectivity index (χ4n) is 0.980. The SMILES string of the molecule is Cc1ccc(/N=N\N)c(C)c1. The largest absolute Gasteiger partial charge is 0.305 e. The van der Waals surface area contributed by atoms with E-state index in [9.17, 15) is 0 Å². The van der Waals surface area contributed by atoms with Gasteiger partial charge in [-0.05, 0) is 25.5 Å². The molecule has 0 unspecified atom stereocenters. The van der Waals surface area contributed by atoms with Crippen LogP contribution in [0.4, 0.5) is 5.69 Å². The lowest BCUT2D eigenvalue weighted by Crippen LogP contribution is -1.79. The van der Waals surface area contributed by atoms with Crippen molar-refractivity contribution in [3.63, 3.8) is 0 Å². The average molecular weight is 149 g/mol. The lowest BCUT2D eigenvalue weighted by atomic mass is 10.1. The topological polar surface area (TPSA) is 50.7 Å². The normalized spacial score (nSPS) is 10.7. The van der Waals surface area contributed by atoms with E-state index in [0.717, 1.165) is 11.3 Å². The van der Waals surface area contributed by atoms with E-state index in [2.05, 4.69) is 10.3 Å². The molecule has 3 heteroatoms. The lowest BCUT2D eigenvalue weighted by molar-refractivity contribution is 1.05. The Bertz CT molecular complexity index is 279. The third-order valence-electron chi connectivity index (χ3n) is 1.52. The number of hydrogen-bond donors (Lipinski definition) is 1. The minimum Gasteiger partial charge on any atom is -0.305 e. The van der Waals surface area contributed by atoms with Crippen molar-refractivity contribution < 1.29 is 0 Å². The summed E-state index contributed by atoms with van der Waals surface area (Å²) in [4.78, 5) is 0. The van der Waals surface area contributed by atoms with Gasteiger partial charge in [-0.15, -0.1) is 5.11 Å². The lowest BCUT2D eigenvalue weighted by Gasteiger charge is -1.98. The van der Waals surface area contributed by atoms with E-state index in [1.54, 1.807) is 0 Å². The molecule has 0 atom stereocenters. The van der Waals surface area contributed by atoms with Gasteiger partial charge in [-0.3, -0.25) is 0 Å². The number of nitrogens with zero attached hydrogens (tertiary/aromatic N) is 2. The Morgan fingerprint density at radius 2 is 2.00 bits per heavy atom. The Labute approximate surface area is 65.9 Å². The van der Waals surface area contributed by atoms with Crippen molar-refractivity contribution in [2.45, 2.75) is 13.8 Å². The summed E-state index contributed by atoms with van der Waals surface area (Å²) in [5.74, 6) is 4.93. The summed E-state index contributed by atoms with van der Waals surface area (Å²) in [6.07, 6.45) is 0. The second kappa shape index (κ2) is 3.14. The molecule has 0 amide bonds. The van der Waals surface area contributed by atoms with Crippen LogP contribution in [0, 0.1) is 13.8 Å². The van der Waals surface area contributed by atoms with Gasteiger partial charge in [0.15, 0.2) is 0 Å². The van der Waals surface area contributed by atoms with Gasteiger partial charge in [-0.2, -0.15) is 0 Å². The van der Waals surface area contributed by atoms with Gasteiger partial charge in [0.25, 0.3) is 0 Å². The molecule has 11 heavy (non-hydrogen) atoms. The number of benzene rings is 1. The molecule has 0 spiro atoms. The van der Waals surface area contributed by atoms with Crippen molar-refractivity contribution in [2.24, 2.45) is 16.2 Å². The molecular weight excluding hydrogens is 138 g/mol. The number of hydrogen-bond acceptors (Lipinski definition) is 2. The van der Waals surface area contributed by atoms with Crippen LogP contribution in [0.2, 0.25) is 0 Å². The third kappa shape index (κ3) is 1.77. The standard InChI is InChI=1S/C8H11N3/c1-6-3-4-8(10-11-9)7(2)5-6/h3-5H,1-2H3,(H2,9,10). The first-order valence-corrected chi connectivity index (χ1v) is 3.42. The molecule has 0 saturated carbocycles. The van der Waals surface area contributed by atoms with Crippen LogP contribution in [0.15, 0.2) is 28.5 Å². The molecule has 0 aliphatic carbocycles. The van der Waals surface area contributed by atoms with Gasteiger partial charge in [0.2, 0.25) is 0 Å². The molecule has 0 aromatic heterocycles. The van der Waals surface area contributed by atoms with Crippen LogP contribution in [-0.4, -0.2) is 0 Å². The second-order valence-electron chi connectivity index (χ2n) is 2.51. The summed E-state index contributed by atoms with van der Waals surface area (Å²) in [5, 5.41) is 6.97. The van der Waals surface area contributed by atoms with Crippen molar-refractivity contribution >= 4 is 5.69 Å². The van der Waals surface area contributed by atoms with E-state index in [4.69, 9.17) is 5.84 Å². The molecule has 1 aromatic carbocycles. The zero-order valence-electron chi connectivity index (χ0n) is 6.70. The summed E-state index contributed by atoms with van der Waals surface area (Å²) >= 11 is 0. The van der Waals surface area contributed by atoms with Crippen LogP contribution in [0.1, 0.15) is 11.1 Å². The van der Waals surface area contributed by atoms with Crippen LogP contribution in [-0.2, 0) is 0 Å². The molecule has 1 aromatic rings. The summed E-state index contributed by atoms with van der Waals surface area (Å²) in [5.41, 5.74) is 3.15. The fourth-order valence-corrected chi connectivity index (χ4v) is 0.980. The minimum absolute atomic E-state index is 0.832. The van der Waals surface area contributed by atoms with Crippen molar-refractivity contribution in [2.75, 3.05) is 0 Å². The van der Waals surface area contributed by atoms with Crippen molar-refractivity contribution in [1.29, 1.82) is 0 Å². The monoisotopic (exact) mass is 149 g/mol. The Kier molecular flexibility index (Phi) is 2.21. The Morgan fingerprint density at radius 3 is 2.55 bits per heavy atom. The first-order chi connectivity index (χ1) is 5.24. The van der Waals surface area contributed by atoms with Crippen LogP contribution in [0.3, 0.4) is 0 Å². The Morgan fingerprint density at radius 1 is 1.27 bits per heavy atom. The van der Waals surface area contributed by atoms with Gasteiger partial charge in [-0.25, -0.2) is 0 Å². The molecule has 0 aliphatic heterocycles. The van der Waals surface area contributed by atoms with E-state index >= 15 is 0 Å². The van der Waals surface area contributed by atoms with Crippen LogP contribution >= 0.6 is 0 Å². The van der Waals surface area contributed by atoms with E-state index < -0.39 is 0 Å². The molecule has 3 nitrogen and oxygen atoms in total. The highest BCUT2D eigenvalue weighted by atomic mass is 15.3. The highest BCUT2D eigenvalue weighted by molar-refractivity contribution is 5.46. The van der Waals surface area contributed by atoms with Gasteiger partial charge in [0.05, 0.1) is 5.69 Å². The van der Waals surface area contributed by atoms with E-state index in [1.165, 1.54) is 5.56 Å². The minimum atomic E-state index is 0.832. The van der Waals surface area contributed by atoms with Crippen molar-refractivity contribution in [3.8, 4) is 0 Å². The van der Waals surface area contributed by atoms with Gasteiger partial charge >= 0.3 is 0 Å². The van der Waals surface area contributed by atoms with Gasteiger partial charge < -0.3 is 5.84 Å². The van der Waals surface area contributed by atoms with E-state index in [-0.39, 0.29) is 0 Å². The summed E-state index contributed by atoms with van der Waals surface area (Å²) in [7, 11) is 0. The number of nitrogens with two attached hydrogens (primary N) is 1. The van der Waals surface area contributed by atoms with Crippen LogP contribution in [0.5, 0.6) is 0 Å². The molecule has 1 rings (SSSR count). The van der Waals surface area contributed by atoms with Crippen molar-refractivity contribution in [3.05, 3.63) is 29.3 Å². The van der Waals surface area contributed by atoms with Crippen LogP contribution in [0.25, 0.3) is 0 Å². The quantitative estimate of drug-likeness (QED) is 0.371. The van der Waals surface area contributed by atoms with Crippen molar-refractivity contribution in [1.82, 2.24) is 0 Å². The number of aryl methyl sites for hydroxylation is 2. The first-order valence-electron chi connectivity index (χ1n) is 3.42.